The van der Waals surface area contributed by atoms with Gasteiger partial charge in [0, 0.05) is 12.3 Å². The first-order valence-corrected chi connectivity index (χ1v) is 12.7. The molecule has 5 rings (SSSR count). The maximum Gasteiger partial charge on any atom is 0.302 e. The van der Waals surface area contributed by atoms with Crippen molar-refractivity contribution in [1.82, 2.24) is 0 Å². The number of ether oxygens (including phenoxy) is 1. The third kappa shape index (κ3) is 3.21. The molecule has 10 atom stereocenters. The lowest BCUT2D eigenvalue weighted by Gasteiger charge is -2.58. The molecule has 5 saturated carbocycles. The molecule has 3 heteroatoms. The molecule has 5 aliphatic carbocycles. The highest BCUT2D eigenvalue weighted by Gasteiger charge is 2.59. The van der Waals surface area contributed by atoms with Crippen LogP contribution in [0.5, 0.6) is 0 Å². The Bertz CT molecular complexity index is 713. The zero-order valence-electron chi connectivity index (χ0n) is 19.0. The summed E-state index contributed by atoms with van der Waals surface area (Å²) in [6.45, 7) is 8.09. The molecule has 166 valence electrons. The molecule has 0 N–H and O–H groups in total. The van der Waals surface area contributed by atoms with Crippen molar-refractivity contribution in [2.45, 2.75) is 90.6 Å². The van der Waals surface area contributed by atoms with Gasteiger partial charge in [-0.25, -0.2) is 0 Å². The lowest BCUT2D eigenvalue weighted by molar-refractivity contribution is -0.152. The second-order valence-corrected chi connectivity index (χ2v) is 11.7. The van der Waals surface area contributed by atoms with Crippen LogP contribution in [0.25, 0.3) is 0 Å². The minimum absolute atomic E-state index is 0.0447. The van der Waals surface area contributed by atoms with Crippen molar-refractivity contribution in [2.24, 2.45) is 52.8 Å². The first kappa shape index (κ1) is 20.8. The van der Waals surface area contributed by atoms with E-state index in [-0.39, 0.29) is 17.5 Å². The molecule has 6 unspecified atom stereocenters. The van der Waals surface area contributed by atoms with E-state index in [1.807, 2.05) is 0 Å². The molecular formula is C27H40O3. The highest BCUT2D eigenvalue weighted by molar-refractivity contribution is 5.66. The summed E-state index contributed by atoms with van der Waals surface area (Å²) in [6.07, 6.45) is 15.0. The minimum Gasteiger partial charge on any atom is -0.463 e. The van der Waals surface area contributed by atoms with Gasteiger partial charge in [0.25, 0.3) is 0 Å². The highest BCUT2D eigenvalue weighted by Crippen LogP contribution is 2.65. The predicted molar refractivity (Wildman–Crippen MR) is 118 cm³/mol. The van der Waals surface area contributed by atoms with E-state index in [9.17, 15) is 9.59 Å². The summed E-state index contributed by atoms with van der Waals surface area (Å²) < 4.78 is 5.59. The van der Waals surface area contributed by atoms with Crippen molar-refractivity contribution in [2.75, 3.05) is 0 Å². The molecule has 0 heterocycles. The zero-order valence-corrected chi connectivity index (χ0v) is 19.0. The van der Waals surface area contributed by atoms with Crippen LogP contribution in [0.4, 0.5) is 0 Å². The molecule has 0 saturated heterocycles. The first-order chi connectivity index (χ1) is 14.4. The second-order valence-electron chi connectivity index (χ2n) is 11.7. The van der Waals surface area contributed by atoms with Gasteiger partial charge in [-0.1, -0.05) is 12.2 Å². The van der Waals surface area contributed by atoms with Crippen molar-refractivity contribution in [3.05, 3.63) is 12.2 Å². The fourth-order valence-electron chi connectivity index (χ4n) is 9.54. The molecule has 0 radical (unpaired) electrons. The topological polar surface area (TPSA) is 43.4 Å². The molecule has 30 heavy (non-hydrogen) atoms. The van der Waals surface area contributed by atoms with Gasteiger partial charge in [-0.3, -0.25) is 4.79 Å². The van der Waals surface area contributed by atoms with E-state index in [2.05, 4.69) is 13.5 Å². The Kier molecular flexibility index (Phi) is 5.39. The molecule has 0 aromatic rings. The van der Waals surface area contributed by atoms with E-state index < -0.39 is 0 Å². The van der Waals surface area contributed by atoms with E-state index in [1.165, 1.54) is 56.8 Å². The van der Waals surface area contributed by atoms with Crippen molar-refractivity contribution in [3.8, 4) is 0 Å². The summed E-state index contributed by atoms with van der Waals surface area (Å²) in [7, 11) is 0. The molecule has 0 aromatic carbocycles. The Balaban J connectivity index is 1.34. The van der Waals surface area contributed by atoms with E-state index >= 15 is 0 Å². The van der Waals surface area contributed by atoms with Gasteiger partial charge in [-0.05, 0) is 125 Å². The molecule has 3 nitrogen and oxygen atoms in total. The van der Waals surface area contributed by atoms with Crippen molar-refractivity contribution >= 4 is 12.3 Å². The predicted octanol–water partition coefficient (Wildman–Crippen LogP) is 5.97. The highest BCUT2D eigenvalue weighted by atomic mass is 16.5. The van der Waals surface area contributed by atoms with Gasteiger partial charge >= 0.3 is 5.97 Å². The number of esters is 1. The number of aldehydes is 1. The molecular weight excluding hydrogens is 372 g/mol. The summed E-state index contributed by atoms with van der Waals surface area (Å²) in [5, 5.41) is 0. The van der Waals surface area contributed by atoms with Gasteiger partial charge in [0.1, 0.15) is 12.4 Å². The molecule has 0 aliphatic heterocycles. The van der Waals surface area contributed by atoms with Crippen LogP contribution in [0, 0.1) is 52.8 Å². The molecule has 5 fully saturated rings. The van der Waals surface area contributed by atoms with Gasteiger partial charge < -0.3 is 9.53 Å². The summed E-state index contributed by atoms with van der Waals surface area (Å²) in [6, 6.07) is 0. The van der Waals surface area contributed by atoms with Gasteiger partial charge in [0.2, 0.25) is 0 Å². The minimum atomic E-state index is -0.114. The summed E-state index contributed by atoms with van der Waals surface area (Å²) in [5.74, 6) is 5.92. The molecule has 0 bridgehead atoms. The third-order valence-electron chi connectivity index (χ3n) is 10.5. The lowest BCUT2D eigenvalue weighted by Crippen LogP contribution is -2.52. The fourth-order valence-corrected chi connectivity index (χ4v) is 9.54. The van der Waals surface area contributed by atoms with E-state index in [0.717, 1.165) is 61.2 Å². The quantitative estimate of drug-likeness (QED) is 0.326. The number of carbonyl (C=O) groups is 2. The smallest absolute Gasteiger partial charge is 0.302 e. The van der Waals surface area contributed by atoms with Gasteiger partial charge in [0.15, 0.2) is 0 Å². The van der Waals surface area contributed by atoms with Crippen LogP contribution in [0.2, 0.25) is 0 Å². The lowest BCUT2D eigenvalue weighted by atomic mass is 9.46. The standard InChI is InChI=1S/C27H40O3/c1-16(2)20-10-12-27(15-28)13-11-24-23-6-4-18-14-19(30-17(3)29)5-7-21(18)22(23)8-9-25(24)26(20)27/h15,18-26H,1,4-14H2,2-3H3/t18?,19?,20-,21-,22?,23+,24-,25?,26?,27?/m0/s1. The maximum atomic E-state index is 12.3. The molecule has 0 aromatic heterocycles. The number of carbonyl (C=O) groups excluding carboxylic acids is 2. The third-order valence-corrected chi connectivity index (χ3v) is 10.5. The fraction of sp³-hybridized carbons (Fsp3) is 0.852. The Morgan fingerprint density at radius 2 is 1.50 bits per heavy atom. The number of rotatable bonds is 3. The summed E-state index contributed by atoms with van der Waals surface area (Å²) in [5.41, 5.74) is 1.27. The van der Waals surface area contributed by atoms with Crippen LogP contribution in [-0.2, 0) is 14.3 Å². The van der Waals surface area contributed by atoms with Gasteiger partial charge in [-0.2, -0.15) is 0 Å². The SMILES string of the molecule is C=C(C)[C@@H]1CCC2(C=O)CC[C@@H]3C(CCC4[C@H]5CCC(OC(C)=O)CC5CC[C@H]43)C12. The van der Waals surface area contributed by atoms with Crippen LogP contribution in [0.1, 0.15) is 84.5 Å². The number of hydrogen-bond acceptors (Lipinski definition) is 3. The summed E-state index contributed by atoms with van der Waals surface area (Å²) >= 11 is 0. The van der Waals surface area contributed by atoms with Gasteiger partial charge in [0.05, 0.1) is 0 Å². The number of allylic oxidation sites excluding steroid dienone is 1. The van der Waals surface area contributed by atoms with Gasteiger partial charge in [-0.15, -0.1) is 0 Å². The average molecular weight is 413 g/mol. The average Bonchev–Trinajstić information content (AvgIpc) is 3.13. The largest absolute Gasteiger partial charge is 0.463 e. The first-order valence-electron chi connectivity index (χ1n) is 12.7. The van der Waals surface area contributed by atoms with Crippen molar-refractivity contribution in [1.29, 1.82) is 0 Å². The normalized spacial score (nSPS) is 49.7. The second kappa shape index (κ2) is 7.78. The Hall–Kier alpha value is -1.12. The van der Waals surface area contributed by atoms with E-state index in [1.54, 1.807) is 6.92 Å². The van der Waals surface area contributed by atoms with Crippen LogP contribution >= 0.6 is 0 Å². The van der Waals surface area contributed by atoms with E-state index in [0.29, 0.717) is 11.8 Å². The Labute approximate surface area is 182 Å². The Morgan fingerprint density at radius 1 is 0.867 bits per heavy atom. The van der Waals surface area contributed by atoms with E-state index in [4.69, 9.17) is 4.74 Å². The van der Waals surface area contributed by atoms with Crippen LogP contribution in [0.15, 0.2) is 12.2 Å². The number of fused-ring (bicyclic) bond motifs is 7. The monoisotopic (exact) mass is 412 g/mol. The van der Waals surface area contributed by atoms with Crippen molar-refractivity contribution < 1.29 is 14.3 Å². The van der Waals surface area contributed by atoms with Crippen LogP contribution < -0.4 is 0 Å². The summed E-state index contributed by atoms with van der Waals surface area (Å²) in [4.78, 5) is 23.7. The molecule has 0 spiro atoms. The maximum absolute atomic E-state index is 12.3. The molecule has 0 amide bonds. The van der Waals surface area contributed by atoms with Crippen molar-refractivity contribution in [3.63, 3.8) is 0 Å². The molecule has 5 aliphatic rings. The Morgan fingerprint density at radius 3 is 2.23 bits per heavy atom. The zero-order chi connectivity index (χ0) is 21.0. The van der Waals surface area contributed by atoms with Crippen LogP contribution in [0.3, 0.4) is 0 Å². The number of hydrogen-bond donors (Lipinski definition) is 0. The van der Waals surface area contributed by atoms with Crippen LogP contribution in [-0.4, -0.2) is 18.4 Å².